The first-order valence-electron chi connectivity index (χ1n) is 33.8. The summed E-state index contributed by atoms with van der Waals surface area (Å²) in [6.45, 7) is -2.94. The van der Waals surface area contributed by atoms with Crippen molar-refractivity contribution in [3.05, 3.63) is 18.2 Å². The number of imidazole rings is 1. The van der Waals surface area contributed by atoms with Gasteiger partial charge in [0, 0.05) is 50.5 Å². The quantitative estimate of drug-likeness (QED) is 0.0269. The summed E-state index contributed by atoms with van der Waals surface area (Å²) in [6.07, 6.45) is -4.68. The maximum Gasteiger partial charge on any atom is 0.328 e. The van der Waals surface area contributed by atoms with Crippen LogP contribution in [0.4, 0.5) is 0 Å². The number of nitrogens with two attached hydrogens (primary N) is 4. The number of aromatic amines is 1. The van der Waals surface area contributed by atoms with E-state index >= 15 is 0 Å². The fourth-order valence-electron chi connectivity index (χ4n) is 10.1. The average molecular weight is 1560 g/mol. The van der Waals surface area contributed by atoms with E-state index in [1.54, 1.807) is 0 Å². The number of carboxylic acid groups (broad SMARTS) is 4. The number of H-pyrrole nitrogens is 1. The predicted octanol–water partition coefficient (Wildman–Crippen LogP) is -13.8. The van der Waals surface area contributed by atoms with Crippen LogP contribution in [0, 0.1) is 0 Å². The summed E-state index contributed by atoms with van der Waals surface area (Å²) in [5.41, 5.74) is 22.0. The average Bonchev–Trinajstić information content (AvgIpc) is 1.72. The Bertz CT molecular complexity index is 3400. The first kappa shape index (κ1) is 93.5. The van der Waals surface area contributed by atoms with Crippen LogP contribution in [0.3, 0.4) is 0 Å². The Balaban J connectivity index is 2.39. The molecule has 608 valence electrons. The predicted molar refractivity (Wildman–Crippen MR) is 364 cm³/mol. The Labute approximate surface area is 619 Å². The van der Waals surface area contributed by atoms with Crippen molar-refractivity contribution in [2.24, 2.45) is 22.9 Å². The number of nitrogens with one attached hydrogen (secondary N) is 14. The molecule has 0 saturated carbocycles. The summed E-state index contributed by atoms with van der Waals surface area (Å²) in [5, 5.41) is 106. The summed E-state index contributed by atoms with van der Waals surface area (Å²) in [6, 6.07) is -24.7. The Morgan fingerprint density at radius 2 is 0.890 bits per heavy atom. The van der Waals surface area contributed by atoms with Gasteiger partial charge in [0.2, 0.25) is 94.5 Å². The van der Waals surface area contributed by atoms with E-state index in [0.717, 1.165) is 11.8 Å². The summed E-state index contributed by atoms with van der Waals surface area (Å²) in [5.74, 6) is -25.1. The fourth-order valence-corrected chi connectivity index (χ4v) is 10.1. The number of rotatable bonds is 52. The highest BCUT2D eigenvalue weighted by Gasteiger charge is 2.42. The molecule has 0 bridgehead atoms. The number of hydrogen-bond acceptors (Lipinski definition) is 27. The van der Waals surface area contributed by atoms with Gasteiger partial charge in [-0.2, -0.15) is 0 Å². The van der Waals surface area contributed by atoms with Gasteiger partial charge in [0.25, 0.3) is 0 Å². The van der Waals surface area contributed by atoms with Crippen LogP contribution in [0.2, 0.25) is 0 Å². The number of nitrogens with zero attached hydrogens (tertiary/aromatic N) is 2. The molecule has 109 heavy (non-hydrogen) atoms. The van der Waals surface area contributed by atoms with Crippen molar-refractivity contribution < 1.29 is 137 Å². The van der Waals surface area contributed by atoms with Crippen LogP contribution in [0.25, 0.3) is 0 Å². The molecule has 1 aliphatic heterocycles. The molecule has 14 atom stereocenters. The van der Waals surface area contributed by atoms with Crippen LogP contribution < -0.4 is 92.1 Å². The molecule has 0 aromatic carbocycles. The third kappa shape index (κ3) is 33.8. The van der Waals surface area contributed by atoms with Crippen molar-refractivity contribution in [2.75, 3.05) is 46.1 Å². The van der Waals surface area contributed by atoms with E-state index in [2.05, 4.69) is 57.8 Å². The van der Waals surface area contributed by atoms with E-state index in [9.17, 15) is 132 Å². The van der Waals surface area contributed by atoms with E-state index in [-0.39, 0.29) is 50.9 Å². The third-order valence-electron chi connectivity index (χ3n) is 16.1. The topological polar surface area (TPSA) is 796 Å². The lowest BCUT2D eigenvalue weighted by atomic mass is 10.0. The van der Waals surface area contributed by atoms with Gasteiger partial charge in [0.05, 0.1) is 45.7 Å². The molecule has 2 rings (SSSR count). The highest BCUT2D eigenvalue weighted by Crippen LogP contribution is 2.21. The molecule has 1 fully saturated rings. The second-order valence-electron chi connectivity index (χ2n) is 24.8. The summed E-state index contributed by atoms with van der Waals surface area (Å²) in [4.78, 5) is 269. The number of amides is 16. The number of primary amides is 2. The summed E-state index contributed by atoms with van der Waals surface area (Å²) in [7, 11) is 0. The van der Waals surface area contributed by atoms with Gasteiger partial charge in [-0.05, 0) is 78.2 Å². The van der Waals surface area contributed by atoms with Crippen molar-refractivity contribution in [3.8, 4) is 0 Å². The molecule has 2 heterocycles. The smallest absolute Gasteiger partial charge is 0.328 e. The lowest BCUT2D eigenvalue weighted by molar-refractivity contribution is -0.143. The standard InChI is InChI=1S/C61H96N20O28/c1-27(69-44(88)21-67-50(97)30(63)22-82)48(95)71-31(8-12-42(64)86)53(100)75-35(6-3-4-16-62)60(107)81-17-5-7-41(81)59(106)74-34(11-15-47(93)94)52(99)72-32(9-13-45(89)90)51(98)73-33(10-14-46(91)92)54(101)78-39(24-84)58(105)79-38(23-83)57(104)77-37(19-43(65)87)55(102)70-28(2)49(96)76-36(18-29-20-66-26-68-29)56(103)80-40(25-85)61(108)109/h20,26-28,30-41,82-85H,3-19,21-25,62-63H2,1-2H3,(H2,64,86)(H2,65,87)(H,66,68)(H,67,97)(H,69,88)(H,70,102)(H,71,95)(H,72,99)(H,73,98)(H,74,106)(H,75,100)(H,76,96)(H,77,104)(H,78,101)(H,79,105)(H,80,103)(H,89,90)(H,91,92)(H,93,94)(H,108,109). The Morgan fingerprint density at radius 1 is 0.477 bits per heavy atom. The molecule has 48 nitrogen and oxygen atoms in total. The number of hydrogen-bond donors (Lipinski definition) is 26. The van der Waals surface area contributed by atoms with Crippen LogP contribution in [0.15, 0.2) is 12.5 Å². The molecule has 0 spiro atoms. The molecule has 1 aliphatic rings. The van der Waals surface area contributed by atoms with Crippen molar-refractivity contribution in [1.29, 1.82) is 0 Å². The Kier molecular flexibility index (Phi) is 41.0. The second-order valence-corrected chi connectivity index (χ2v) is 24.8. The van der Waals surface area contributed by atoms with Crippen LogP contribution in [-0.2, 0) is 102 Å². The van der Waals surface area contributed by atoms with E-state index in [1.807, 2.05) is 21.3 Å². The van der Waals surface area contributed by atoms with Crippen LogP contribution in [0.5, 0.6) is 0 Å². The first-order chi connectivity index (χ1) is 51.3. The first-order valence-corrected chi connectivity index (χ1v) is 33.8. The van der Waals surface area contributed by atoms with Gasteiger partial charge in [-0.15, -0.1) is 0 Å². The molecule has 30 N–H and O–H groups in total. The Morgan fingerprint density at radius 3 is 1.33 bits per heavy atom. The van der Waals surface area contributed by atoms with E-state index in [4.69, 9.17) is 28.0 Å². The van der Waals surface area contributed by atoms with Crippen molar-refractivity contribution in [3.63, 3.8) is 0 Å². The number of unbranched alkanes of at least 4 members (excludes halogenated alkanes) is 1. The van der Waals surface area contributed by atoms with E-state index in [0.29, 0.717) is 6.42 Å². The maximum atomic E-state index is 14.5. The molecule has 0 aliphatic carbocycles. The largest absolute Gasteiger partial charge is 0.481 e. The molecule has 0 radical (unpaired) electrons. The second kappa shape index (κ2) is 47.8. The third-order valence-corrected chi connectivity index (χ3v) is 16.1. The molecule has 14 unspecified atom stereocenters. The molecule has 1 aromatic rings. The van der Waals surface area contributed by atoms with E-state index in [1.165, 1.54) is 19.4 Å². The van der Waals surface area contributed by atoms with Gasteiger partial charge in [0.15, 0.2) is 0 Å². The number of aliphatic hydroxyl groups excluding tert-OH is 4. The van der Waals surface area contributed by atoms with Crippen LogP contribution in [0.1, 0.15) is 109 Å². The monoisotopic (exact) mass is 1560 g/mol. The van der Waals surface area contributed by atoms with Crippen LogP contribution in [-0.4, -0.2) is 305 Å². The normalized spacial score (nSPS) is 15.9. The highest BCUT2D eigenvalue weighted by molar-refractivity contribution is 6.01. The minimum atomic E-state index is -2.17. The zero-order chi connectivity index (χ0) is 82.4. The zero-order valence-electron chi connectivity index (χ0n) is 59.2. The van der Waals surface area contributed by atoms with Gasteiger partial charge in [-0.1, -0.05) is 0 Å². The van der Waals surface area contributed by atoms with Gasteiger partial charge < -0.3 is 143 Å². The van der Waals surface area contributed by atoms with Gasteiger partial charge in [-0.3, -0.25) is 91.1 Å². The number of carboxylic acids is 4. The fraction of sp³-hybridized carbons (Fsp3) is 0.623. The van der Waals surface area contributed by atoms with Crippen molar-refractivity contribution >= 4 is 118 Å². The minimum absolute atomic E-state index is 0.111. The molecule has 16 amide bonds. The number of aliphatic hydroxyl groups is 4. The lowest BCUT2D eigenvalue weighted by Crippen LogP contribution is -2.61. The Hall–Kier alpha value is -11.6. The molecular formula is C61H96N20O28. The van der Waals surface area contributed by atoms with Gasteiger partial charge >= 0.3 is 23.9 Å². The van der Waals surface area contributed by atoms with Gasteiger partial charge in [-0.25, -0.2) is 9.78 Å². The number of carbonyl (C=O) groups is 20. The number of aromatic nitrogens is 2. The molecule has 1 aromatic heterocycles. The van der Waals surface area contributed by atoms with Gasteiger partial charge in [0.1, 0.15) is 84.6 Å². The molecule has 48 heteroatoms. The number of carbonyl (C=O) groups excluding carboxylic acids is 16. The summed E-state index contributed by atoms with van der Waals surface area (Å²) >= 11 is 0. The number of likely N-dealkylation sites (tertiary alicyclic amines) is 1. The maximum absolute atomic E-state index is 14.5. The van der Waals surface area contributed by atoms with Crippen molar-refractivity contribution in [2.45, 2.75) is 195 Å². The lowest BCUT2D eigenvalue weighted by Gasteiger charge is -2.31. The minimum Gasteiger partial charge on any atom is -0.481 e. The summed E-state index contributed by atoms with van der Waals surface area (Å²) < 4.78 is 0. The van der Waals surface area contributed by atoms with E-state index < -0.39 is 294 Å². The highest BCUT2D eigenvalue weighted by atomic mass is 16.4. The zero-order valence-corrected chi connectivity index (χ0v) is 59.2. The van der Waals surface area contributed by atoms with Crippen molar-refractivity contribution in [1.82, 2.24) is 84.0 Å². The van der Waals surface area contributed by atoms with Crippen LogP contribution >= 0.6 is 0 Å². The molecule has 1 saturated heterocycles. The SMILES string of the molecule is CC(NC(=O)CNC(=O)C(N)CO)C(=O)NC(CCC(N)=O)C(=O)NC(CCCCN)C(=O)N1CCCC1C(=O)NC(CCC(=O)O)C(=O)NC(CCC(=O)O)C(=O)NC(CCC(=O)O)C(=O)NC(CO)C(=O)NC(CO)C(=O)NC(CC(N)=O)C(=O)NC(C)C(=O)NC(Cc1cnc[nH]1)C(=O)NC(CO)C(=O)O. The number of aliphatic carboxylic acids is 4. The molecular weight excluding hydrogens is 1460 g/mol.